The Morgan fingerprint density at radius 3 is 2.68 bits per heavy atom. The molecule has 0 saturated heterocycles. The van der Waals surface area contributed by atoms with E-state index in [1.54, 1.807) is 36.1 Å². The molecule has 174 valence electrons. The minimum atomic E-state index is -0.612. The zero-order valence-electron chi connectivity index (χ0n) is 18.5. The van der Waals surface area contributed by atoms with Gasteiger partial charge in [-0.25, -0.2) is 9.37 Å². The summed E-state index contributed by atoms with van der Waals surface area (Å²) in [6.07, 6.45) is 7.43. The number of rotatable bonds is 5. The highest BCUT2D eigenvalue weighted by Gasteiger charge is 2.28. The molecule has 1 aromatic carbocycles. The first kappa shape index (κ1) is 21.9. The second-order valence-corrected chi connectivity index (χ2v) is 8.49. The van der Waals surface area contributed by atoms with Crippen LogP contribution in [0.3, 0.4) is 0 Å². The van der Waals surface area contributed by atoms with Crippen molar-refractivity contribution in [2.24, 2.45) is 7.05 Å². The summed E-state index contributed by atoms with van der Waals surface area (Å²) in [5.41, 5.74) is 1.39. The van der Waals surface area contributed by atoms with Crippen LogP contribution in [-0.2, 0) is 13.6 Å². The molecule has 2 atom stereocenters. The number of pyridine rings is 1. The predicted octanol–water partition coefficient (Wildman–Crippen LogP) is 2.02. The number of aromatic nitrogens is 5. The summed E-state index contributed by atoms with van der Waals surface area (Å²) < 4.78 is 17.9. The first-order chi connectivity index (χ1) is 16.4. The fraction of sp³-hybridized carbons (Fsp3) is 0.292. The zero-order chi connectivity index (χ0) is 23.8. The number of aliphatic hydroxyl groups is 1. The summed E-state index contributed by atoms with van der Waals surface area (Å²) in [6.45, 7) is -0.0913. The third-order valence-electron chi connectivity index (χ3n) is 6.15. The number of amides is 1. The second kappa shape index (κ2) is 8.79. The molecule has 34 heavy (non-hydrogen) atoms. The number of halogens is 1. The molecule has 9 nitrogen and oxygen atoms in total. The van der Waals surface area contributed by atoms with E-state index < -0.39 is 23.4 Å². The average molecular weight is 462 g/mol. The molecular formula is C24H23FN6O3. The lowest BCUT2D eigenvalue weighted by Crippen LogP contribution is -2.40. The number of hydrogen-bond acceptors (Lipinski definition) is 6. The normalized spacial score (nSPS) is 17.9. The monoisotopic (exact) mass is 462 g/mol. The summed E-state index contributed by atoms with van der Waals surface area (Å²) in [5, 5.41) is 17.2. The van der Waals surface area contributed by atoms with Crippen molar-refractivity contribution >= 4 is 16.9 Å². The van der Waals surface area contributed by atoms with Gasteiger partial charge in [0.15, 0.2) is 5.52 Å². The van der Waals surface area contributed by atoms with Crippen molar-refractivity contribution in [3.63, 3.8) is 0 Å². The van der Waals surface area contributed by atoms with Crippen molar-refractivity contribution in [1.82, 2.24) is 29.6 Å². The molecular weight excluding hydrogens is 439 g/mol. The summed E-state index contributed by atoms with van der Waals surface area (Å²) >= 11 is 0. The van der Waals surface area contributed by atoms with E-state index in [0.717, 1.165) is 6.42 Å². The fourth-order valence-corrected chi connectivity index (χ4v) is 4.33. The molecule has 4 aromatic rings. The van der Waals surface area contributed by atoms with Gasteiger partial charge in [0.05, 0.1) is 29.9 Å². The molecule has 1 amide bonds. The van der Waals surface area contributed by atoms with Crippen molar-refractivity contribution in [2.45, 2.75) is 38.0 Å². The van der Waals surface area contributed by atoms with Crippen LogP contribution in [0.4, 0.5) is 4.39 Å². The first-order valence-electron chi connectivity index (χ1n) is 11.0. The Kier molecular flexibility index (Phi) is 5.66. The maximum Gasteiger partial charge on any atom is 0.279 e. The van der Waals surface area contributed by atoms with Gasteiger partial charge >= 0.3 is 0 Å². The maximum absolute atomic E-state index is 15.0. The van der Waals surface area contributed by atoms with E-state index in [-0.39, 0.29) is 34.7 Å². The van der Waals surface area contributed by atoms with E-state index in [4.69, 9.17) is 0 Å². The average Bonchev–Trinajstić information content (AvgIpc) is 3.44. The summed E-state index contributed by atoms with van der Waals surface area (Å²) in [6, 6.07) is 6.13. The SMILES string of the molecule is Cn1ccc(-c2ccc(Cn3cc(C(=O)N[C@H]4CCC[C@@H]4O)c4nccnc4c3=O)c(F)c2)n1. The maximum atomic E-state index is 15.0. The number of fused-ring (bicyclic) bond motifs is 1. The van der Waals surface area contributed by atoms with Gasteiger partial charge in [0.1, 0.15) is 11.3 Å². The van der Waals surface area contributed by atoms with Crippen molar-refractivity contribution in [2.75, 3.05) is 0 Å². The highest BCUT2D eigenvalue weighted by Crippen LogP contribution is 2.22. The van der Waals surface area contributed by atoms with E-state index in [2.05, 4.69) is 20.4 Å². The van der Waals surface area contributed by atoms with E-state index in [1.165, 1.54) is 29.2 Å². The first-order valence-corrected chi connectivity index (χ1v) is 11.0. The summed E-state index contributed by atoms with van der Waals surface area (Å²) in [4.78, 5) is 34.4. The smallest absolute Gasteiger partial charge is 0.279 e. The summed E-state index contributed by atoms with van der Waals surface area (Å²) in [5.74, 6) is -0.953. The van der Waals surface area contributed by atoms with Gasteiger partial charge in [-0.3, -0.25) is 19.3 Å². The van der Waals surface area contributed by atoms with Crippen LogP contribution in [0.15, 0.2) is 53.8 Å². The molecule has 0 bridgehead atoms. The number of carbonyl (C=O) groups excluding carboxylic acids is 1. The second-order valence-electron chi connectivity index (χ2n) is 8.49. The van der Waals surface area contributed by atoms with Gasteiger partial charge in [-0.05, 0) is 31.4 Å². The zero-order valence-corrected chi connectivity index (χ0v) is 18.5. The standard InChI is InChI=1S/C24H23FN6O3/c1-30-10-7-18(29-30)14-5-6-15(17(25)11-14)12-31-13-16(21-22(24(31)34)27-9-8-26-21)23(33)28-19-3-2-4-20(19)32/h5-11,13,19-20,32H,2-4,12H2,1H3,(H,28,33)/t19-,20-/m0/s1. The molecule has 1 aliphatic rings. The predicted molar refractivity (Wildman–Crippen MR) is 123 cm³/mol. The van der Waals surface area contributed by atoms with Crippen LogP contribution in [0.1, 0.15) is 35.2 Å². The molecule has 0 spiro atoms. The van der Waals surface area contributed by atoms with Crippen LogP contribution in [0.5, 0.6) is 0 Å². The van der Waals surface area contributed by atoms with Crippen molar-refractivity contribution < 1.29 is 14.3 Å². The van der Waals surface area contributed by atoms with Crippen LogP contribution in [-0.4, -0.2) is 47.5 Å². The number of carbonyl (C=O) groups is 1. The molecule has 5 rings (SSSR count). The van der Waals surface area contributed by atoms with Crippen molar-refractivity contribution in [1.29, 1.82) is 0 Å². The van der Waals surface area contributed by atoms with Crippen molar-refractivity contribution in [3.05, 3.63) is 76.4 Å². The van der Waals surface area contributed by atoms with Gasteiger partial charge in [-0.15, -0.1) is 0 Å². The van der Waals surface area contributed by atoms with Crippen LogP contribution in [0.25, 0.3) is 22.3 Å². The van der Waals surface area contributed by atoms with Gasteiger partial charge in [-0.2, -0.15) is 5.10 Å². The molecule has 3 heterocycles. The van der Waals surface area contributed by atoms with Crippen LogP contribution in [0, 0.1) is 5.82 Å². The third kappa shape index (κ3) is 4.08. The minimum absolute atomic E-state index is 0.0210. The molecule has 1 fully saturated rings. The Balaban J connectivity index is 1.50. The molecule has 0 unspecified atom stereocenters. The summed E-state index contributed by atoms with van der Waals surface area (Å²) in [7, 11) is 1.78. The van der Waals surface area contributed by atoms with E-state index in [0.29, 0.717) is 24.1 Å². The van der Waals surface area contributed by atoms with E-state index >= 15 is 0 Å². The Morgan fingerprint density at radius 2 is 2.00 bits per heavy atom. The fourth-order valence-electron chi connectivity index (χ4n) is 4.33. The van der Waals surface area contributed by atoms with E-state index in [9.17, 15) is 19.1 Å². The molecule has 3 aromatic heterocycles. The van der Waals surface area contributed by atoms with Gasteiger partial charge in [0.2, 0.25) is 0 Å². The molecule has 10 heteroatoms. The largest absolute Gasteiger partial charge is 0.391 e. The van der Waals surface area contributed by atoms with Gasteiger partial charge in [-0.1, -0.05) is 12.1 Å². The number of nitrogens with one attached hydrogen (secondary N) is 1. The van der Waals surface area contributed by atoms with Crippen LogP contribution in [0.2, 0.25) is 0 Å². The topological polar surface area (TPSA) is 115 Å². The van der Waals surface area contributed by atoms with Gasteiger partial charge < -0.3 is 15.0 Å². The lowest BCUT2D eigenvalue weighted by Gasteiger charge is -2.17. The third-order valence-corrected chi connectivity index (χ3v) is 6.15. The Hall–Kier alpha value is -3.92. The van der Waals surface area contributed by atoms with Crippen LogP contribution < -0.4 is 10.9 Å². The Morgan fingerprint density at radius 1 is 1.21 bits per heavy atom. The Bertz CT molecular complexity index is 1450. The molecule has 2 N–H and O–H groups in total. The number of hydrogen-bond donors (Lipinski definition) is 2. The molecule has 0 radical (unpaired) electrons. The number of benzene rings is 1. The van der Waals surface area contributed by atoms with Gasteiger partial charge in [0.25, 0.3) is 11.5 Å². The molecule has 0 aliphatic heterocycles. The lowest BCUT2D eigenvalue weighted by molar-refractivity contribution is 0.0874. The highest BCUT2D eigenvalue weighted by atomic mass is 19.1. The number of aryl methyl sites for hydroxylation is 1. The number of aliphatic hydroxyl groups excluding tert-OH is 1. The highest BCUT2D eigenvalue weighted by molar-refractivity contribution is 6.04. The quantitative estimate of drug-likeness (QED) is 0.469. The van der Waals surface area contributed by atoms with E-state index in [1.807, 2.05) is 0 Å². The van der Waals surface area contributed by atoms with Crippen LogP contribution >= 0.6 is 0 Å². The van der Waals surface area contributed by atoms with Crippen molar-refractivity contribution in [3.8, 4) is 11.3 Å². The molecule has 1 aliphatic carbocycles. The molecule has 1 saturated carbocycles. The van der Waals surface area contributed by atoms with Gasteiger partial charge in [0, 0.05) is 43.0 Å². The lowest BCUT2D eigenvalue weighted by atomic mass is 10.1. The number of nitrogens with zero attached hydrogens (tertiary/aromatic N) is 5. The minimum Gasteiger partial charge on any atom is -0.391 e. The Labute approximate surface area is 193 Å².